The van der Waals surface area contributed by atoms with Crippen molar-refractivity contribution in [2.24, 2.45) is 0 Å². The molecule has 144 valence electrons. The highest BCUT2D eigenvalue weighted by molar-refractivity contribution is 5.78. The third kappa shape index (κ3) is 5.19. The van der Waals surface area contributed by atoms with Crippen LogP contribution < -0.4 is 10.2 Å². The Hall–Kier alpha value is -1.63. The Morgan fingerprint density at radius 2 is 1.77 bits per heavy atom. The molecule has 3 rings (SSSR count). The zero-order chi connectivity index (χ0) is 18.4. The standard InChI is InChI=1S/C20H32N4O2/c1-17-4-3-5-19(18(17)2)24-10-8-23(9-11-24)16-20(25)21-6-7-22-12-14-26-15-13-22/h3-5H,6-16H2,1-2H3,(H,21,25). The van der Waals surface area contributed by atoms with Gasteiger partial charge in [0.1, 0.15) is 0 Å². The maximum atomic E-state index is 12.2. The van der Waals surface area contributed by atoms with Crippen LogP contribution >= 0.6 is 0 Å². The minimum Gasteiger partial charge on any atom is -0.379 e. The molecule has 2 saturated heterocycles. The molecule has 1 aromatic rings. The van der Waals surface area contributed by atoms with E-state index in [0.717, 1.165) is 65.6 Å². The third-order valence-corrected chi connectivity index (χ3v) is 5.51. The third-order valence-electron chi connectivity index (χ3n) is 5.51. The molecule has 26 heavy (non-hydrogen) atoms. The van der Waals surface area contributed by atoms with E-state index in [1.54, 1.807) is 0 Å². The average molecular weight is 361 g/mol. The Balaban J connectivity index is 1.36. The molecule has 2 aliphatic heterocycles. The SMILES string of the molecule is Cc1cccc(N2CCN(CC(=O)NCCN3CCOCC3)CC2)c1C. The number of rotatable bonds is 6. The van der Waals surface area contributed by atoms with E-state index in [4.69, 9.17) is 4.74 Å². The van der Waals surface area contributed by atoms with Crippen LogP contribution in [0.25, 0.3) is 0 Å². The molecule has 0 spiro atoms. The summed E-state index contributed by atoms with van der Waals surface area (Å²) in [6.45, 7) is 13.9. The Kier molecular flexibility index (Phi) is 6.88. The summed E-state index contributed by atoms with van der Waals surface area (Å²) in [5, 5.41) is 3.06. The van der Waals surface area contributed by atoms with Crippen molar-refractivity contribution in [2.75, 3.05) is 77.0 Å². The smallest absolute Gasteiger partial charge is 0.234 e. The fourth-order valence-corrected chi connectivity index (χ4v) is 3.66. The second kappa shape index (κ2) is 9.35. The first kappa shape index (κ1) is 19.1. The fraction of sp³-hybridized carbons (Fsp3) is 0.650. The molecule has 1 N–H and O–H groups in total. The second-order valence-corrected chi connectivity index (χ2v) is 7.29. The van der Waals surface area contributed by atoms with Gasteiger partial charge in [-0.2, -0.15) is 0 Å². The van der Waals surface area contributed by atoms with Gasteiger partial charge >= 0.3 is 0 Å². The number of nitrogens with one attached hydrogen (secondary N) is 1. The first-order valence-electron chi connectivity index (χ1n) is 9.74. The van der Waals surface area contributed by atoms with Crippen LogP contribution in [0.2, 0.25) is 0 Å². The van der Waals surface area contributed by atoms with Crippen molar-refractivity contribution in [3.63, 3.8) is 0 Å². The molecule has 0 saturated carbocycles. The Bertz CT molecular complexity index is 593. The molecule has 0 aliphatic carbocycles. The minimum atomic E-state index is 0.137. The molecule has 0 unspecified atom stereocenters. The van der Waals surface area contributed by atoms with Gasteiger partial charge < -0.3 is 15.0 Å². The number of amides is 1. The zero-order valence-corrected chi connectivity index (χ0v) is 16.2. The predicted octanol–water partition coefficient (Wildman–Crippen LogP) is 0.874. The lowest BCUT2D eigenvalue weighted by molar-refractivity contribution is -0.122. The lowest BCUT2D eigenvalue weighted by Gasteiger charge is -2.36. The molecule has 1 aromatic carbocycles. The number of morpholine rings is 1. The van der Waals surface area contributed by atoms with Gasteiger partial charge in [0.25, 0.3) is 0 Å². The van der Waals surface area contributed by atoms with E-state index in [2.05, 4.69) is 52.1 Å². The van der Waals surface area contributed by atoms with Crippen LogP contribution in [0.4, 0.5) is 5.69 Å². The topological polar surface area (TPSA) is 48.0 Å². The molecule has 1 amide bonds. The summed E-state index contributed by atoms with van der Waals surface area (Å²) in [5.74, 6) is 0.137. The molecular weight excluding hydrogens is 328 g/mol. The summed E-state index contributed by atoms with van der Waals surface area (Å²) in [7, 11) is 0. The van der Waals surface area contributed by atoms with Gasteiger partial charge in [-0.1, -0.05) is 12.1 Å². The van der Waals surface area contributed by atoms with Crippen molar-refractivity contribution in [2.45, 2.75) is 13.8 Å². The van der Waals surface area contributed by atoms with Gasteiger partial charge in [-0.25, -0.2) is 0 Å². The van der Waals surface area contributed by atoms with E-state index in [-0.39, 0.29) is 5.91 Å². The lowest BCUT2D eigenvalue weighted by atomic mass is 10.1. The summed E-state index contributed by atoms with van der Waals surface area (Å²) in [5.41, 5.74) is 4.03. The first-order chi connectivity index (χ1) is 12.6. The Labute approximate surface area is 157 Å². The van der Waals surface area contributed by atoms with E-state index in [1.807, 2.05) is 0 Å². The van der Waals surface area contributed by atoms with Crippen molar-refractivity contribution in [1.82, 2.24) is 15.1 Å². The van der Waals surface area contributed by atoms with E-state index < -0.39 is 0 Å². The Morgan fingerprint density at radius 1 is 1.04 bits per heavy atom. The van der Waals surface area contributed by atoms with Gasteiger partial charge in [-0.3, -0.25) is 14.6 Å². The van der Waals surface area contributed by atoms with Crippen LogP contribution in [0, 0.1) is 13.8 Å². The molecule has 2 aliphatic rings. The summed E-state index contributed by atoms with van der Waals surface area (Å²) < 4.78 is 5.34. The summed E-state index contributed by atoms with van der Waals surface area (Å²) in [6.07, 6.45) is 0. The highest BCUT2D eigenvalue weighted by Crippen LogP contribution is 2.23. The van der Waals surface area contributed by atoms with E-state index in [1.165, 1.54) is 16.8 Å². The van der Waals surface area contributed by atoms with Crippen LogP contribution in [0.1, 0.15) is 11.1 Å². The fourth-order valence-electron chi connectivity index (χ4n) is 3.66. The molecule has 2 fully saturated rings. The maximum Gasteiger partial charge on any atom is 0.234 e. The number of hydrogen-bond donors (Lipinski definition) is 1. The van der Waals surface area contributed by atoms with E-state index in [0.29, 0.717) is 6.54 Å². The quantitative estimate of drug-likeness (QED) is 0.816. The van der Waals surface area contributed by atoms with Gasteiger partial charge in [0.05, 0.1) is 19.8 Å². The van der Waals surface area contributed by atoms with E-state index >= 15 is 0 Å². The number of ether oxygens (including phenoxy) is 1. The van der Waals surface area contributed by atoms with E-state index in [9.17, 15) is 4.79 Å². The molecule has 6 heteroatoms. The number of aryl methyl sites for hydroxylation is 1. The van der Waals surface area contributed by atoms with Crippen molar-refractivity contribution >= 4 is 11.6 Å². The molecule has 2 heterocycles. The highest BCUT2D eigenvalue weighted by Gasteiger charge is 2.20. The molecular formula is C20H32N4O2. The summed E-state index contributed by atoms with van der Waals surface area (Å²) in [4.78, 5) is 19.2. The highest BCUT2D eigenvalue weighted by atomic mass is 16.5. The average Bonchev–Trinajstić information content (AvgIpc) is 2.66. The maximum absolute atomic E-state index is 12.2. The van der Waals surface area contributed by atoms with Crippen LogP contribution in [0.3, 0.4) is 0 Å². The normalized spacial score (nSPS) is 19.5. The summed E-state index contributed by atoms with van der Waals surface area (Å²) in [6, 6.07) is 6.50. The van der Waals surface area contributed by atoms with Crippen LogP contribution in [-0.4, -0.2) is 87.8 Å². The van der Waals surface area contributed by atoms with Gasteiger partial charge in [0.15, 0.2) is 0 Å². The predicted molar refractivity (Wildman–Crippen MR) is 105 cm³/mol. The minimum absolute atomic E-state index is 0.137. The van der Waals surface area contributed by atoms with Crippen molar-refractivity contribution in [3.8, 4) is 0 Å². The van der Waals surface area contributed by atoms with Crippen LogP contribution in [0.5, 0.6) is 0 Å². The van der Waals surface area contributed by atoms with Gasteiger partial charge in [-0.15, -0.1) is 0 Å². The number of benzene rings is 1. The second-order valence-electron chi connectivity index (χ2n) is 7.29. The summed E-state index contributed by atoms with van der Waals surface area (Å²) >= 11 is 0. The molecule has 0 aromatic heterocycles. The largest absolute Gasteiger partial charge is 0.379 e. The molecule has 6 nitrogen and oxygen atoms in total. The number of piperazine rings is 1. The number of carbonyl (C=O) groups is 1. The zero-order valence-electron chi connectivity index (χ0n) is 16.2. The van der Waals surface area contributed by atoms with Crippen molar-refractivity contribution in [3.05, 3.63) is 29.3 Å². The number of nitrogens with zero attached hydrogens (tertiary/aromatic N) is 3. The van der Waals surface area contributed by atoms with Gasteiger partial charge in [0, 0.05) is 58.0 Å². The monoisotopic (exact) mass is 360 g/mol. The van der Waals surface area contributed by atoms with Crippen molar-refractivity contribution in [1.29, 1.82) is 0 Å². The molecule has 0 bridgehead atoms. The van der Waals surface area contributed by atoms with Crippen molar-refractivity contribution < 1.29 is 9.53 Å². The molecule has 0 atom stereocenters. The Morgan fingerprint density at radius 3 is 2.50 bits per heavy atom. The first-order valence-corrected chi connectivity index (χ1v) is 9.74. The van der Waals surface area contributed by atoms with Gasteiger partial charge in [0.2, 0.25) is 5.91 Å². The van der Waals surface area contributed by atoms with Gasteiger partial charge in [-0.05, 0) is 31.0 Å². The number of carbonyl (C=O) groups excluding carboxylic acids is 1. The lowest BCUT2D eigenvalue weighted by Crippen LogP contribution is -2.50. The number of hydrogen-bond acceptors (Lipinski definition) is 5. The van der Waals surface area contributed by atoms with Crippen LogP contribution in [0.15, 0.2) is 18.2 Å². The molecule has 0 radical (unpaired) electrons. The number of anilines is 1. The van der Waals surface area contributed by atoms with Crippen LogP contribution in [-0.2, 0) is 9.53 Å².